The number of imide groups is 1. The molecule has 2 aromatic rings. The minimum absolute atomic E-state index is 0.0456. The van der Waals surface area contributed by atoms with Crippen molar-refractivity contribution in [2.75, 3.05) is 6.54 Å². The zero-order valence-electron chi connectivity index (χ0n) is 14.9. The zero-order chi connectivity index (χ0) is 19.6. The molecule has 2 amide bonds. The van der Waals surface area contributed by atoms with Crippen LogP contribution in [-0.2, 0) is 4.79 Å². The van der Waals surface area contributed by atoms with E-state index < -0.39 is 4.92 Å². The van der Waals surface area contributed by atoms with Gasteiger partial charge in [-0.15, -0.1) is 0 Å². The number of carbonyl (C=O) groups is 2. The normalized spacial score (nSPS) is 15.8. The van der Waals surface area contributed by atoms with Crippen LogP contribution < -0.4 is 0 Å². The molecule has 2 heterocycles. The topological polar surface area (TPSA) is 93.7 Å². The summed E-state index contributed by atoms with van der Waals surface area (Å²) in [5.41, 5.74) is 1.09. The van der Waals surface area contributed by atoms with Gasteiger partial charge in [0.25, 0.3) is 16.8 Å². The van der Waals surface area contributed by atoms with E-state index in [0.29, 0.717) is 23.6 Å². The maximum atomic E-state index is 12.4. The van der Waals surface area contributed by atoms with E-state index in [9.17, 15) is 19.7 Å². The average molecular weight is 386 g/mol. The summed E-state index contributed by atoms with van der Waals surface area (Å²) in [4.78, 5) is 36.7. The second-order valence-corrected chi connectivity index (χ2v) is 7.16. The smallest absolute Gasteiger partial charge is 0.293 e. The van der Waals surface area contributed by atoms with Crippen molar-refractivity contribution in [3.63, 3.8) is 0 Å². The minimum atomic E-state index is -0.455. The van der Waals surface area contributed by atoms with Crippen LogP contribution >= 0.6 is 11.8 Å². The first-order valence-corrected chi connectivity index (χ1v) is 9.33. The Kier molecular flexibility index (Phi) is 5.46. The average Bonchev–Trinajstić information content (AvgIpc) is 3.19. The summed E-state index contributed by atoms with van der Waals surface area (Å²) in [7, 11) is 0. The molecule has 0 spiro atoms. The third-order valence-corrected chi connectivity index (χ3v) is 5.03. The van der Waals surface area contributed by atoms with Gasteiger partial charge in [0.2, 0.25) is 0 Å². The molecular weight excluding hydrogens is 368 g/mol. The molecule has 0 unspecified atom stereocenters. The van der Waals surface area contributed by atoms with Crippen molar-refractivity contribution < 1.29 is 18.9 Å². The van der Waals surface area contributed by atoms with E-state index in [0.717, 1.165) is 30.2 Å². The first-order valence-electron chi connectivity index (χ1n) is 8.51. The Morgan fingerprint density at radius 2 is 2.04 bits per heavy atom. The Balaban J connectivity index is 1.87. The number of furan rings is 1. The number of rotatable bonds is 6. The molecule has 8 heteroatoms. The molecule has 1 saturated heterocycles. The number of carbonyl (C=O) groups excluding carboxylic acids is 2. The highest BCUT2D eigenvalue weighted by atomic mass is 32.2. The van der Waals surface area contributed by atoms with Crippen molar-refractivity contribution in [2.24, 2.45) is 0 Å². The van der Waals surface area contributed by atoms with Crippen LogP contribution in [0, 0.1) is 17.0 Å². The fourth-order valence-corrected chi connectivity index (χ4v) is 3.56. The molecule has 27 heavy (non-hydrogen) atoms. The maximum absolute atomic E-state index is 12.4. The molecule has 0 bridgehead atoms. The molecule has 3 rings (SSSR count). The zero-order valence-corrected chi connectivity index (χ0v) is 15.7. The van der Waals surface area contributed by atoms with Crippen molar-refractivity contribution in [2.45, 2.75) is 26.7 Å². The summed E-state index contributed by atoms with van der Waals surface area (Å²) in [5, 5.41) is 11.0. The summed E-state index contributed by atoms with van der Waals surface area (Å²) >= 11 is 0.872. The van der Waals surface area contributed by atoms with Gasteiger partial charge in [0.15, 0.2) is 0 Å². The largest absolute Gasteiger partial charge is 0.456 e. The quantitative estimate of drug-likeness (QED) is 0.394. The van der Waals surface area contributed by atoms with Crippen molar-refractivity contribution in [1.82, 2.24) is 4.90 Å². The number of hydrogen-bond donors (Lipinski definition) is 0. The molecule has 0 radical (unpaired) electrons. The van der Waals surface area contributed by atoms with Crippen molar-refractivity contribution in [1.29, 1.82) is 0 Å². The van der Waals surface area contributed by atoms with Gasteiger partial charge in [-0.3, -0.25) is 24.6 Å². The summed E-state index contributed by atoms with van der Waals surface area (Å²) in [5.74, 6) is 0.358. The number of benzene rings is 1. The number of nitrogens with zero attached hydrogens (tertiary/aromatic N) is 2. The lowest BCUT2D eigenvalue weighted by molar-refractivity contribution is -0.384. The van der Waals surface area contributed by atoms with E-state index in [1.165, 1.54) is 17.0 Å². The Morgan fingerprint density at radius 3 is 2.74 bits per heavy atom. The molecule has 0 aliphatic carbocycles. The van der Waals surface area contributed by atoms with Gasteiger partial charge in [-0.2, -0.15) is 0 Å². The number of nitro benzene ring substituents is 1. The highest BCUT2D eigenvalue weighted by Gasteiger charge is 2.34. The van der Waals surface area contributed by atoms with Gasteiger partial charge in [0.1, 0.15) is 11.5 Å². The molecule has 1 aromatic carbocycles. The van der Waals surface area contributed by atoms with Gasteiger partial charge in [-0.05, 0) is 48.9 Å². The van der Waals surface area contributed by atoms with Crippen molar-refractivity contribution in [3.05, 3.63) is 56.7 Å². The number of nitro groups is 1. The summed E-state index contributed by atoms with van der Waals surface area (Å²) < 4.78 is 5.69. The second-order valence-electron chi connectivity index (χ2n) is 6.17. The molecule has 0 N–H and O–H groups in total. The first kappa shape index (κ1) is 18.9. The van der Waals surface area contributed by atoms with Crippen LogP contribution in [0.5, 0.6) is 0 Å². The van der Waals surface area contributed by atoms with Crippen molar-refractivity contribution in [3.8, 4) is 11.3 Å². The summed E-state index contributed by atoms with van der Waals surface area (Å²) in [6.07, 6.45) is 3.14. The van der Waals surface area contributed by atoms with Crippen LogP contribution in [0.4, 0.5) is 10.5 Å². The predicted octanol–water partition coefficient (Wildman–Crippen LogP) is 5.00. The highest BCUT2D eigenvalue weighted by molar-refractivity contribution is 8.18. The molecule has 1 aliphatic heterocycles. The van der Waals surface area contributed by atoms with Crippen molar-refractivity contribution >= 4 is 34.7 Å². The number of hydrogen-bond acceptors (Lipinski definition) is 6. The number of unbranched alkanes of at least 4 members (excludes halogenated alkanes) is 1. The Morgan fingerprint density at radius 1 is 1.26 bits per heavy atom. The van der Waals surface area contributed by atoms with Gasteiger partial charge in [0, 0.05) is 18.7 Å². The molecule has 1 aromatic heterocycles. The van der Waals surface area contributed by atoms with E-state index in [1.54, 1.807) is 31.2 Å². The predicted molar refractivity (Wildman–Crippen MR) is 103 cm³/mol. The van der Waals surface area contributed by atoms with Crippen LogP contribution in [0.2, 0.25) is 0 Å². The Labute approximate surface area is 160 Å². The van der Waals surface area contributed by atoms with E-state index in [4.69, 9.17) is 4.42 Å². The first-order chi connectivity index (χ1) is 12.9. The molecule has 140 valence electrons. The Bertz CT molecular complexity index is 947. The standard InChI is InChI=1S/C19H18N2O5S/c1-3-4-9-20-18(22)17(27-19(20)23)11-13-6-8-16(26-13)14-7-5-12(2)10-15(14)21(24)25/h5-8,10-11H,3-4,9H2,1-2H3. The fraction of sp³-hybridized carbons (Fsp3) is 0.263. The SMILES string of the molecule is CCCCN1C(=O)SC(=Cc2ccc(-c3ccc(C)cc3[N+](=O)[O-])o2)C1=O. The maximum Gasteiger partial charge on any atom is 0.293 e. The van der Waals surface area contributed by atoms with Crippen LogP contribution in [0.3, 0.4) is 0 Å². The van der Waals surface area contributed by atoms with Gasteiger partial charge >= 0.3 is 0 Å². The molecular formula is C19H18N2O5S. The van der Waals surface area contributed by atoms with E-state index >= 15 is 0 Å². The number of amides is 2. The Hall–Kier alpha value is -2.87. The molecule has 0 saturated carbocycles. The van der Waals surface area contributed by atoms with Gasteiger partial charge in [-0.25, -0.2) is 0 Å². The third-order valence-electron chi connectivity index (χ3n) is 4.12. The minimum Gasteiger partial charge on any atom is -0.456 e. The molecule has 0 atom stereocenters. The van der Waals surface area contributed by atoms with Gasteiger partial charge in [0.05, 0.1) is 15.4 Å². The highest BCUT2D eigenvalue weighted by Crippen LogP contribution is 2.35. The third kappa shape index (κ3) is 3.95. The lowest BCUT2D eigenvalue weighted by Gasteiger charge is -2.10. The summed E-state index contributed by atoms with van der Waals surface area (Å²) in [6.45, 7) is 4.17. The monoisotopic (exact) mass is 386 g/mol. The van der Waals surface area contributed by atoms with Crippen LogP contribution in [0.15, 0.2) is 39.7 Å². The summed E-state index contributed by atoms with van der Waals surface area (Å²) in [6, 6.07) is 8.12. The lowest BCUT2D eigenvalue weighted by atomic mass is 10.1. The lowest BCUT2D eigenvalue weighted by Crippen LogP contribution is -2.29. The number of aryl methyl sites for hydroxylation is 1. The fourth-order valence-electron chi connectivity index (χ4n) is 2.71. The molecule has 1 aliphatic rings. The van der Waals surface area contributed by atoms with Crippen LogP contribution in [-0.4, -0.2) is 27.5 Å². The number of thioether (sulfide) groups is 1. The van der Waals surface area contributed by atoms with Crippen LogP contribution in [0.1, 0.15) is 31.1 Å². The van der Waals surface area contributed by atoms with Crippen LogP contribution in [0.25, 0.3) is 17.4 Å². The van der Waals surface area contributed by atoms with E-state index in [2.05, 4.69) is 0 Å². The molecule has 7 nitrogen and oxygen atoms in total. The second kappa shape index (κ2) is 7.79. The van der Waals surface area contributed by atoms with E-state index in [1.807, 2.05) is 6.92 Å². The van der Waals surface area contributed by atoms with E-state index in [-0.39, 0.29) is 21.7 Å². The van der Waals surface area contributed by atoms with Gasteiger partial charge < -0.3 is 4.42 Å². The van der Waals surface area contributed by atoms with Gasteiger partial charge in [-0.1, -0.05) is 19.4 Å². The molecule has 1 fully saturated rings.